The molecule has 0 amide bonds. The summed E-state index contributed by atoms with van der Waals surface area (Å²) >= 11 is 0. The minimum absolute atomic E-state index is 0.123. The minimum Gasteiger partial charge on any atom is -0.504 e. The third-order valence-corrected chi connectivity index (χ3v) is 0.742. The Kier molecular flexibility index (Phi) is 2.12. The maximum absolute atomic E-state index is 11.4. The lowest BCUT2D eigenvalue weighted by molar-refractivity contribution is -0.121. The predicted octanol–water partition coefficient (Wildman–Crippen LogP) is 2.40. The molecule has 0 saturated heterocycles. The highest BCUT2D eigenvalue weighted by Gasteiger charge is 2.34. The highest BCUT2D eigenvalue weighted by molar-refractivity contribution is 5.06. The number of hydrogen-bond acceptors (Lipinski definition) is 1. The summed E-state index contributed by atoms with van der Waals surface area (Å²) in [6.45, 7) is 2.39. The van der Waals surface area contributed by atoms with Gasteiger partial charge in [-0.05, 0) is 19.4 Å². The summed E-state index contributed by atoms with van der Waals surface area (Å²) in [6, 6.07) is 0. The summed E-state index contributed by atoms with van der Waals surface area (Å²) in [6.07, 6.45) is -4.58. The first-order chi connectivity index (χ1) is 3.85. The van der Waals surface area contributed by atoms with Crippen LogP contribution in [-0.4, -0.2) is 11.3 Å². The molecule has 9 heavy (non-hydrogen) atoms. The quantitative estimate of drug-likeness (QED) is 0.512. The molecule has 0 aromatic rings. The second-order valence-electron chi connectivity index (χ2n) is 1.85. The Morgan fingerprint density at radius 3 is 1.56 bits per heavy atom. The standard InChI is InChI=1S/C5H7F3O/c1-3(2)4(9)5(6,7)8/h9H,1-2H3. The number of halogens is 3. The molecular formula is C5H7F3O. The van der Waals surface area contributed by atoms with Gasteiger partial charge in [0.1, 0.15) is 0 Å². The molecule has 0 aliphatic rings. The smallest absolute Gasteiger partial charge is 0.448 e. The molecule has 0 radical (unpaired) electrons. The van der Waals surface area contributed by atoms with E-state index in [2.05, 4.69) is 0 Å². The number of aliphatic hydroxyl groups excluding tert-OH is 1. The SMILES string of the molecule is CC(C)=C(O)C(F)(F)F. The van der Waals surface area contributed by atoms with E-state index in [-0.39, 0.29) is 5.57 Å². The molecule has 0 rings (SSSR count). The topological polar surface area (TPSA) is 20.2 Å². The molecule has 0 heterocycles. The van der Waals surface area contributed by atoms with Crippen molar-refractivity contribution in [2.45, 2.75) is 20.0 Å². The molecule has 0 aromatic heterocycles. The molecule has 0 aromatic carbocycles. The van der Waals surface area contributed by atoms with Crippen LogP contribution >= 0.6 is 0 Å². The highest BCUT2D eigenvalue weighted by Crippen LogP contribution is 2.25. The lowest BCUT2D eigenvalue weighted by Crippen LogP contribution is -2.12. The van der Waals surface area contributed by atoms with Crippen molar-refractivity contribution in [2.24, 2.45) is 0 Å². The summed E-state index contributed by atoms with van der Waals surface area (Å²) < 4.78 is 34.2. The normalized spacial score (nSPS) is 11.2. The largest absolute Gasteiger partial charge is 0.504 e. The second kappa shape index (κ2) is 2.29. The number of allylic oxidation sites excluding steroid dienone is 2. The van der Waals surface area contributed by atoms with Crippen LogP contribution in [0, 0.1) is 0 Å². The van der Waals surface area contributed by atoms with Crippen LogP contribution in [0.1, 0.15) is 13.8 Å². The maximum Gasteiger partial charge on any atom is 0.448 e. The molecule has 0 spiro atoms. The van der Waals surface area contributed by atoms with Gasteiger partial charge in [0.2, 0.25) is 0 Å². The Morgan fingerprint density at radius 1 is 1.22 bits per heavy atom. The van der Waals surface area contributed by atoms with Crippen molar-refractivity contribution in [3.05, 3.63) is 11.3 Å². The number of hydrogen-bond donors (Lipinski definition) is 1. The van der Waals surface area contributed by atoms with Crippen LogP contribution in [0.4, 0.5) is 13.2 Å². The first-order valence-corrected chi connectivity index (χ1v) is 2.29. The van der Waals surface area contributed by atoms with Crippen molar-refractivity contribution in [3.63, 3.8) is 0 Å². The fourth-order valence-electron chi connectivity index (χ4n) is 0.283. The molecule has 0 fully saturated rings. The van der Waals surface area contributed by atoms with E-state index in [1.165, 1.54) is 13.8 Å². The Morgan fingerprint density at radius 2 is 1.56 bits per heavy atom. The van der Waals surface area contributed by atoms with Crippen LogP contribution in [0.3, 0.4) is 0 Å². The molecule has 0 atom stereocenters. The van der Waals surface area contributed by atoms with Crippen molar-refractivity contribution in [1.82, 2.24) is 0 Å². The van der Waals surface area contributed by atoms with Crippen LogP contribution < -0.4 is 0 Å². The Hall–Kier alpha value is -0.670. The molecule has 54 valence electrons. The molecule has 0 unspecified atom stereocenters. The van der Waals surface area contributed by atoms with Crippen molar-refractivity contribution >= 4 is 0 Å². The van der Waals surface area contributed by atoms with E-state index < -0.39 is 11.9 Å². The third kappa shape index (κ3) is 2.39. The first kappa shape index (κ1) is 8.33. The number of aliphatic hydroxyl groups is 1. The molecule has 1 nitrogen and oxygen atoms in total. The van der Waals surface area contributed by atoms with E-state index in [1.54, 1.807) is 0 Å². The summed E-state index contributed by atoms with van der Waals surface area (Å²) in [5.74, 6) is -1.50. The highest BCUT2D eigenvalue weighted by atomic mass is 19.4. The second-order valence-corrected chi connectivity index (χ2v) is 1.85. The van der Waals surface area contributed by atoms with Crippen molar-refractivity contribution in [1.29, 1.82) is 0 Å². The van der Waals surface area contributed by atoms with Gasteiger partial charge in [-0.15, -0.1) is 0 Å². The summed E-state index contributed by atoms with van der Waals surface area (Å²) in [7, 11) is 0. The average Bonchev–Trinajstić information content (AvgIpc) is 1.62. The number of alkyl halides is 3. The van der Waals surface area contributed by atoms with Gasteiger partial charge >= 0.3 is 6.18 Å². The zero-order valence-electron chi connectivity index (χ0n) is 5.08. The van der Waals surface area contributed by atoms with Crippen LogP contribution in [0.25, 0.3) is 0 Å². The van der Waals surface area contributed by atoms with E-state index in [4.69, 9.17) is 5.11 Å². The third-order valence-electron chi connectivity index (χ3n) is 0.742. The van der Waals surface area contributed by atoms with Crippen LogP contribution in [-0.2, 0) is 0 Å². The van der Waals surface area contributed by atoms with Crippen molar-refractivity contribution in [3.8, 4) is 0 Å². The summed E-state index contributed by atoms with van der Waals surface area (Å²) in [5, 5.41) is 8.22. The van der Waals surface area contributed by atoms with E-state index in [9.17, 15) is 13.2 Å². The lowest BCUT2D eigenvalue weighted by atomic mass is 10.3. The fraction of sp³-hybridized carbons (Fsp3) is 0.600. The van der Waals surface area contributed by atoms with Crippen LogP contribution in [0.2, 0.25) is 0 Å². The Bertz CT molecular complexity index is 130. The van der Waals surface area contributed by atoms with Gasteiger partial charge in [-0.1, -0.05) is 0 Å². The fourth-order valence-corrected chi connectivity index (χ4v) is 0.283. The molecule has 4 heteroatoms. The van der Waals surface area contributed by atoms with E-state index >= 15 is 0 Å². The molecular weight excluding hydrogens is 133 g/mol. The predicted molar refractivity (Wildman–Crippen MR) is 27.1 cm³/mol. The van der Waals surface area contributed by atoms with Gasteiger partial charge in [-0.2, -0.15) is 13.2 Å². The molecule has 0 bridgehead atoms. The van der Waals surface area contributed by atoms with Gasteiger partial charge in [0.05, 0.1) is 0 Å². The van der Waals surface area contributed by atoms with Gasteiger partial charge in [0, 0.05) is 0 Å². The van der Waals surface area contributed by atoms with E-state index in [1.807, 2.05) is 0 Å². The van der Waals surface area contributed by atoms with E-state index in [0.29, 0.717) is 0 Å². The van der Waals surface area contributed by atoms with Crippen LogP contribution in [0.15, 0.2) is 11.3 Å². The Labute approximate surface area is 50.8 Å². The molecule has 1 N–H and O–H groups in total. The van der Waals surface area contributed by atoms with Gasteiger partial charge < -0.3 is 5.11 Å². The first-order valence-electron chi connectivity index (χ1n) is 2.29. The maximum atomic E-state index is 11.4. The molecule has 0 saturated carbocycles. The zero-order valence-corrected chi connectivity index (χ0v) is 5.08. The molecule has 0 aliphatic heterocycles. The van der Waals surface area contributed by atoms with Gasteiger partial charge in [0.25, 0.3) is 0 Å². The zero-order chi connectivity index (χ0) is 7.65. The average molecular weight is 140 g/mol. The van der Waals surface area contributed by atoms with Crippen molar-refractivity contribution < 1.29 is 18.3 Å². The van der Waals surface area contributed by atoms with Gasteiger partial charge in [0.15, 0.2) is 5.76 Å². The van der Waals surface area contributed by atoms with E-state index in [0.717, 1.165) is 0 Å². The van der Waals surface area contributed by atoms with Gasteiger partial charge in [-0.25, -0.2) is 0 Å². The monoisotopic (exact) mass is 140 g/mol. The summed E-state index contributed by atoms with van der Waals surface area (Å²) in [5.41, 5.74) is -0.123. The lowest BCUT2D eigenvalue weighted by Gasteiger charge is -2.05. The Balaban J connectivity index is 4.40. The number of rotatable bonds is 0. The minimum atomic E-state index is -4.58. The van der Waals surface area contributed by atoms with Crippen molar-refractivity contribution in [2.75, 3.05) is 0 Å². The summed E-state index contributed by atoms with van der Waals surface area (Å²) in [4.78, 5) is 0. The molecule has 0 aliphatic carbocycles. The van der Waals surface area contributed by atoms with Gasteiger partial charge in [-0.3, -0.25) is 0 Å². The van der Waals surface area contributed by atoms with Crippen LogP contribution in [0.5, 0.6) is 0 Å².